The van der Waals surface area contributed by atoms with Gasteiger partial charge in [0.05, 0.1) is 10.9 Å². The van der Waals surface area contributed by atoms with Crippen molar-refractivity contribution in [1.82, 2.24) is 9.62 Å². The molecule has 1 N–H and O–H groups in total. The zero-order valence-electron chi connectivity index (χ0n) is 17.2. The SMILES string of the molecule is C[C@@H](NC(=O)C1CCN(S(=O)(=O)c2ccc3c(c2)OCCO3)CC1)c1ccc(Cl)cc1. The van der Waals surface area contributed by atoms with Crippen LogP contribution in [0.3, 0.4) is 0 Å². The maximum Gasteiger partial charge on any atom is 0.243 e. The van der Waals surface area contributed by atoms with Crippen molar-refractivity contribution in [2.45, 2.75) is 30.7 Å². The molecular formula is C22H25ClN2O5S. The van der Waals surface area contributed by atoms with Crippen LogP contribution in [0.25, 0.3) is 0 Å². The Morgan fingerprint density at radius 1 is 1.06 bits per heavy atom. The first-order valence-corrected chi connectivity index (χ1v) is 12.1. The number of benzene rings is 2. The first-order valence-electron chi connectivity index (χ1n) is 10.3. The molecule has 31 heavy (non-hydrogen) atoms. The molecule has 0 saturated carbocycles. The second-order valence-corrected chi connectivity index (χ2v) is 10.1. The van der Waals surface area contributed by atoms with Crippen molar-refractivity contribution in [2.24, 2.45) is 5.92 Å². The molecule has 0 bridgehead atoms. The Morgan fingerprint density at radius 3 is 2.39 bits per heavy atom. The second-order valence-electron chi connectivity index (χ2n) is 7.77. The van der Waals surface area contributed by atoms with Crippen LogP contribution < -0.4 is 14.8 Å². The van der Waals surface area contributed by atoms with Crippen LogP contribution in [0.4, 0.5) is 0 Å². The number of nitrogens with one attached hydrogen (secondary N) is 1. The van der Waals surface area contributed by atoms with Gasteiger partial charge in [0.2, 0.25) is 15.9 Å². The normalized spacial score (nSPS) is 18.4. The maximum atomic E-state index is 13.1. The van der Waals surface area contributed by atoms with Gasteiger partial charge < -0.3 is 14.8 Å². The number of fused-ring (bicyclic) bond motifs is 1. The van der Waals surface area contributed by atoms with E-state index in [9.17, 15) is 13.2 Å². The van der Waals surface area contributed by atoms with Gasteiger partial charge in [-0.1, -0.05) is 23.7 Å². The summed E-state index contributed by atoms with van der Waals surface area (Å²) in [5.74, 6) is 0.716. The summed E-state index contributed by atoms with van der Waals surface area (Å²) in [6, 6.07) is 11.9. The average molecular weight is 465 g/mol. The minimum atomic E-state index is -3.66. The van der Waals surface area contributed by atoms with Crippen LogP contribution in [0.5, 0.6) is 11.5 Å². The van der Waals surface area contributed by atoms with Gasteiger partial charge in [0.1, 0.15) is 13.2 Å². The highest BCUT2D eigenvalue weighted by Gasteiger charge is 2.33. The summed E-state index contributed by atoms with van der Waals surface area (Å²) in [6.45, 7) is 3.35. The fraction of sp³-hybridized carbons (Fsp3) is 0.409. The van der Waals surface area contributed by atoms with Gasteiger partial charge in [-0.3, -0.25) is 4.79 Å². The smallest absolute Gasteiger partial charge is 0.243 e. The standard InChI is InChI=1S/C22H25ClN2O5S/c1-15(16-2-4-18(23)5-3-16)24-22(26)17-8-10-25(11-9-17)31(27,28)19-6-7-20-21(14-19)30-13-12-29-20/h2-7,14-15,17H,8-13H2,1H3,(H,24,26)/t15-/m1/s1. The lowest BCUT2D eigenvalue weighted by Gasteiger charge is -2.31. The molecule has 0 spiro atoms. The molecule has 2 aliphatic rings. The lowest BCUT2D eigenvalue weighted by Crippen LogP contribution is -2.43. The number of piperidine rings is 1. The third kappa shape index (κ3) is 4.81. The number of sulfonamides is 1. The van der Waals surface area contributed by atoms with Crippen molar-refractivity contribution >= 4 is 27.5 Å². The lowest BCUT2D eigenvalue weighted by molar-refractivity contribution is -0.126. The van der Waals surface area contributed by atoms with E-state index in [2.05, 4.69) is 5.32 Å². The number of halogens is 1. The molecule has 4 rings (SSSR count). The first kappa shape index (κ1) is 21.9. The van der Waals surface area contributed by atoms with Gasteiger partial charge in [-0.15, -0.1) is 0 Å². The lowest BCUT2D eigenvalue weighted by atomic mass is 9.96. The predicted molar refractivity (Wildman–Crippen MR) is 117 cm³/mol. The van der Waals surface area contributed by atoms with E-state index < -0.39 is 10.0 Å². The molecule has 166 valence electrons. The monoisotopic (exact) mass is 464 g/mol. The molecule has 0 unspecified atom stereocenters. The number of hydrogen-bond acceptors (Lipinski definition) is 5. The molecular weight excluding hydrogens is 440 g/mol. The number of nitrogens with zero attached hydrogens (tertiary/aromatic N) is 1. The number of carbonyl (C=O) groups is 1. The van der Waals surface area contributed by atoms with E-state index in [-0.39, 0.29) is 22.8 Å². The maximum absolute atomic E-state index is 13.1. The van der Waals surface area contributed by atoms with E-state index in [1.807, 2.05) is 19.1 Å². The highest BCUT2D eigenvalue weighted by molar-refractivity contribution is 7.89. The molecule has 1 atom stereocenters. The molecule has 0 aromatic heterocycles. The summed E-state index contributed by atoms with van der Waals surface area (Å²) >= 11 is 5.92. The number of hydrogen-bond donors (Lipinski definition) is 1. The van der Waals surface area contributed by atoms with E-state index in [4.69, 9.17) is 21.1 Å². The van der Waals surface area contributed by atoms with Gasteiger partial charge in [-0.05, 0) is 49.6 Å². The quantitative estimate of drug-likeness (QED) is 0.733. The van der Waals surface area contributed by atoms with E-state index >= 15 is 0 Å². The molecule has 7 nitrogen and oxygen atoms in total. The Morgan fingerprint density at radius 2 is 1.71 bits per heavy atom. The van der Waals surface area contributed by atoms with E-state index in [0.717, 1.165) is 5.56 Å². The van der Waals surface area contributed by atoms with Crippen LogP contribution in [-0.2, 0) is 14.8 Å². The van der Waals surface area contributed by atoms with Crippen LogP contribution in [0.2, 0.25) is 5.02 Å². The van der Waals surface area contributed by atoms with Gasteiger partial charge in [-0.2, -0.15) is 4.31 Å². The van der Waals surface area contributed by atoms with Crippen molar-refractivity contribution in [3.8, 4) is 11.5 Å². The fourth-order valence-corrected chi connectivity index (χ4v) is 5.47. The molecule has 0 radical (unpaired) electrons. The van der Waals surface area contributed by atoms with Crippen LogP contribution in [-0.4, -0.2) is 44.9 Å². The fourth-order valence-electron chi connectivity index (χ4n) is 3.86. The van der Waals surface area contributed by atoms with Gasteiger partial charge >= 0.3 is 0 Å². The first-order chi connectivity index (χ1) is 14.8. The Labute approximate surface area is 187 Å². The molecule has 1 amide bonds. The highest BCUT2D eigenvalue weighted by Crippen LogP contribution is 2.34. The number of rotatable bonds is 5. The summed E-state index contributed by atoms with van der Waals surface area (Å²) in [4.78, 5) is 12.9. The Bertz CT molecular complexity index is 1050. The van der Waals surface area contributed by atoms with Crippen molar-refractivity contribution in [3.63, 3.8) is 0 Å². The molecule has 0 aliphatic carbocycles. The molecule has 1 fully saturated rings. The Balaban J connectivity index is 1.36. The van der Waals surface area contributed by atoms with Gasteiger partial charge in [0, 0.05) is 30.1 Å². The third-order valence-corrected chi connectivity index (χ3v) is 7.85. The van der Waals surface area contributed by atoms with Crippen LogP contribution in [0.15, 0.2) is 47.4 Å². The molecule has 2 aromatic rings. The van der Waals surface area contributed by atoms with E-state index in [0.29, 0.717) is 55.7 Å². The zero-order valence-corrected chi connectivity index (χ0v) is 18.8. The average Bonchev–Trinajstić information content (AvgIpc) is 2.79. The molecule has 2 aromatic carbocycles. The largest absolute Gasteiger partial charge is 0.486 e. The van der Waals surface area contributed by atoms with E-state index in [1.54, 1.807) is 18.2 Å². The number of amides is 1. The van der Waals surface area contributed by atoms with Gasteiger partial charge in [0.15, 0.2) is 11.5 Å². The zero-order chi connectivity index (χ0) is 22.0. The van der Waals surface area contributed by atoms with Crippen LogP contribution in [0, 0.1) is 5.92 Å². The van der Waals surface area contributed by atoms with Crippen molar-refractivity contribution in [2.75, 3.05) is 26.3 Å². The summed E-state index contributed by atoms with van der Waals surface area (Å²) in [6.07, 6.45) is 0.950. The number of carbonyl (C=O) groups excluding carboxylic acids is 1. The van der Waals surface area contributed by atoms with Crippen molar-refractivity contribution in [1.29, 1.82) is 0 Å². The van der Waals surface area contributed by atoms with Crippen molar-refractivity contribution < 1.29 is 22.7 Å². The highest BCUT2D eigenvalue weighted by atomic mass is 35.5. The molecule has 1 saturated heterocycles. The second kappa shape index (κ2) is 9.06. The summed E-state index contributed by atoms with van der Waals surface area (Å²) in [7, 11) is -3.66. The van der Waals surface area contributed by atoms with E-state index in [1.165, 1.54) is 16.4 Å². The van der Waals surface area contributed by atoms with Crippen molar-refractivity contribution in [3.05, 3.63) is 53.1 Å². The van der Waals surface area contributed by atoms with Gasteiger partial charge in [0.25, 0.3) is 0 Å². The molecule has 2 aliphatic heterocycles. The Hall–Kier alpha value is -2.29. The summed E-state index contributed by atoms with van der Waals surface area (Å²) in [5.41, 5.74) is 0.969. The minimum absolute atomic E-state index is 0.0566. The predicted octanol–water partition coefficient (Wildman–Crippen LogP) is 3.39. The summed E-state index contributed by atoms with van der Waals surface area (Å²) < 4.78 is 38.5. The summed E-state index contributed by atoms with van der Waals surface area (Å²) in [5, 5.41) is 3.67. The molecule has 2 heterocycles. The topological polar surface area (TPSA) is 84.9 Å². The molecule has 9 heteroatoms. The minimum Gasteiger partial charge on any atom is -0.486 e. The van der Waals surface area contributed by atoms with Crippen LogP contribution in [0.1, 0.15) is 31.4 Å². The van der Waals surface area contributed by atoms with Gasteiger partial charge in [-0.25, -0.2) is 8.42 Å². The Kier molecular flexibility index (Phi) is 6.41. The van der Waals surface area contributed by atoms with Crippen LogP contribution >= 0.6 is 11.6 Å². The third-order valence-electron chi connectivity index (χ3n) is 5.70. The number of ether oxygens (including phenoxy) is 2.